The van der Waals surface area contributed by atoms with Gasteiger partial charge in [0.15, 0.2) is 6.10 Å². The van der Waals surface area contributed by atoms with Crippen LogP contribution in [0.3, 0.4) is 0 Å². The van der Waals surface area contributed by atoms with E-state index in [1.165, 1.54) is 37.3 Å². The Morgan fingerprint density at radius 1 is 0.830 bits per heavy atom. The number of carbonyl (C=O) groups is 2. The van der Waals surface area contributed by atoms with E-state index in [1.807, 2.05) is 0 Å². The molecule has 0 radical (unpaired) electrons. The lowest BCUT2D eigenvalue weighted by Gasteiger charge is -2.38. The molecule has 0 fully saturated rings. The number of alkyl halides is 11. The monoisotopic (exact) mass is 696 g/mol. The van der Waals surface area contributed by atoms with Crippen LogP contribution < -0.4 is 10.1 Å². The van der Waals surface area contributed by atoms with Crippen LogP contribution >= 0.6 is 0 Å². The molecule has 0 aliphatic carbocycles. The summed E-state index contributed by atoms with van der Waals surface area (Å²) in [4.78, 5) is 24.1. The predicted molar refractivity (Wildman–Crippen MR) is 146 cm³/mol. The molecular weight excluding hydrogens is 665 g/mol. The van der Waals surface area contributed by atoms with Crippen molar-refractivity contribution in [3.63, 3.8) is 0 Å². The number of amides is 2. The molecule has 2 aromatic carbocycles. The van der Waals surface area contributed by atoms with E-state index < -0.39 is 67.7 Å². The van der Waals surface area contributed by atoms with Gasteiger partial charge in [0.1, 0.15) is 12.4 Å². The molecule has 2 amide bonds. The number of nitrogens with zero attached hydrogens (tertiary/aromatic N) is 1. The minimum atomic E-state index is -7.63. The molecule has 0 aliphatic rings. The van der Waals surface area contributed by atoms with Crippen molar-refractivity contribution in [2.45, 2.75) is 70.1 Å². The van der Waals surface area contributed by atoms with E-state index in [4.69, 9.17) is 9.47 Å². The van der Waals surface area contributed by atoms with Gasteiger partial charge in [0.25, 0.3) is 0 Å². The number of urea groups is 1. The predicted octanol–water partition coefficient (Wildman–Crippen LogP) is 7.66. The van der Waals surface area contributed by atoms with Crippen molar-refractivity contribution in [1.29, 1.82) is 0 Å². The van der Waals surface area contributed by atoms with Gasteiger partial charge in [0.05, 0.1) is 13.1 Å². The van der Waals surface area contributed by atoms with Gasteiger partial charge in [-0.15, -0.1) is 0 Å². The number of rotatable bonds is 15. The third-order valence-corrected chi connectivity index (χ3v) is 6.98. The number of aryl methyl sites for hydroxylation is 3. The van der Waals surface area contributed by atoms with E-state index in [2.05, 4.69) is 5.32 Å². The normalized spacial score (nSPS) is 13.7. The van der Waals surface area contributed by atoms with Crippen LogP contribution in [0.4, 0.5) is 58.8 Å². The first-order chi connectivity index (χ1) is 21.4. The summed E-state index contributed by atoms with van der Waals surface area (Å²) in [6.45, 7) is 1.86. The van der Waals surface area contributed by atoms with Gasteiger partial charge in [0.2, 0.25) is 0 Å². The van der Waals surface area contributed by atoms with Gasteiger partial charge in [0, 0.05) is 18.7 Å². The highest BCUT2D eigenvalue weighted by atomic mass is 19.4. The van der Waals surface area contributed by atoms with E-state index in [9.17, 15) is 63.0 Å². The van der Waals surface area contributed by atoms with Crippen molar-refractivity contribution in [3.05, 3.63) is 58.7 Å². The second kappa shape index (κ2) is 14.5. The Hall–Kier alpha value is -3.83. The number of hydrogen-bond acceptors (Lipinski definition) is 4. The van der Waals surface area contributed by atoms with E-state index in [0.29, 0.717) is 16.7 Å². The van der Waals surface area contributed by atoms with E-state index >= 15 is 0 Å². The molecule has 0 saturated heterocycles. The largest absolute Gasteiger partial charge is 0.492 e. The minimum absolute atomic E-state index is 0.0177. The SMILES string of the molecule is CCOC(Cc1ccc(OCCN(CC(F)(F)C(F)(F)C(F)(F)C(F)(F)C(F)(F)F)C(=O)Nc2cc(C)c(C)cc2C)cc1)C(=O)O. The summed E-state index contributed by atoms with van der Waals surface area (Å²) in [6, 6.07) is 6.66. The van der Waals surface area contributed by atoms with Crippen molar-refractivity contribution in [2.24, 2.45) is 0 Å². The lowest BCUT2D eigenvalue weighted by molar-refractivity contribution is -0.422. The molecule has 1 unspecified atom stereocenters. The first-order valence-corrected chi connectivity index (χ1v) is 13.7. The Kier molecular flexibility index (Phi) is 12.2. The van der Waals surface area contributed by atoms with Crippen LogP contribution in [0.2, 0.25) is 0 Å². The van der Waals surface area contributed by atoms with Gasteiger partial charge in [-0.3, -0.25) is 0 Å². The zero-order valence-corrected chi connectivity index (χ0v) is 25.3. The van der Waals surface area contributed by atoms with E-state index in [-0.39, 0.29) is 29.4 Å². The summed E-state index contributed by atoms with van der Waals surface area (Å²) in [5.41, 5.74) is 2.08. The number of carbonyl (C=O) groups excluding carboxylic acids is 1. The van der Waals surface area contributed by atoms with Crippen molar-refractivity contribution in [2.75, 3.05) is 31.6 Å². The number of halogens is 11. The lowest BCUT2D eigenvalue weighted by Crippen LogP contribution is -2.68. The third-order valence-electron chi connectivity index (χ3n) is 6.98. The number of carboxylic acids is 1. The van der Waals surface area contributed by atoms with Gasteiger partial charge in [-0.1, -0.05) is 18.2 Å². The van der Waals surface area contributed by atoms with E-state index in [0.717, 1.165) is 5.56 Å². The maximum atomic E-state index is 14.7. The fourth-order valence-electron chi connectivity index (χ4n) is 4.11. The summed E-state index contributed by atoms with van der Waals surface area (Å²) in [7, 11) is 0. The Morgan fingerprint density at radius 2 is 1.38 bits per heavy atom. The molecule has 7 nitrogen and oxygen atoms in total. The van der Waals surface area contributed by atoms with Gasteiger partial charge < -0.3 is 24.8 Å². The maximum Gasteiger partial charge on any atom is 0.460 e. The quantitative estimate of drug-likeness (QED) is 0.187. The number of nitrogens with one attached hydrogen (secondary N) is 1. The summed E-state index contributed by atoms with van der Waals surface area (Å²) in [5.74, 6) is -30.1. The zero-order valence-electron chi connectivity index (χ0n) is 25.3. The molecule has 18 heteroatoms. The van der Waals surface area contributed by atoms with Crippen molar-refractivity contribution in [3.8, 4) is 5.75 Å². The smallest absolute Gasteiger partial charge is 0.460 e. The zero-order chi connectivity index (χ0) is 36.2. The molecule has 2 N–H and O–H groups in total. The van der Waals surface area contributed by atoms with Crippen LogP contribution in [0.15, 0.2) is 36.4 Å². The van der Waals surface area contributed by atoms with Crippen LogP contribution in [0.25, 0.3) is 0 Å². The molecule has 47 heavy (non-hydrogen) atoms. The molecule has 0 spiro atoms. The molecule has 2 rings (SSSR count). The number of hydrogen-bond donors (Lipinski definition) is 2. The fourth-order valence-corrected chi connectivity index (χ4v) is 4.11. The Morgan fingerprint density at radius 3 is 1.89 bits per heavy atom. The summed E-state index contributed by atoms with van der Waals surface area (Å²) < 4.78 is 161. The first kappa shape index (κ1) is 39.3. The van der Waals surface area contributed by atoms with E-state index in [1.54, 1.807) is 26.8 Å². The maximum absolute atomic E-state index is 14.7. The molecule has 0 aromatic heterocycles. The number of benzene rings is 2. The van der Waals surface area contributed by atoms with Gasteiger partial charge in [-0.25, -0.2) is 9.59 Å². The van der Waals surface area contributed by atoms with Crippen LogP contribution in [0.1, 0.15) is 29.2 Å². The Labute approximate surface area is 261 Å². The molecule has 1 atom stereocenters. The molecule has 2 aromatic rings. The fraction of sp³-hybridized carbons (Fsp3) is 0.517. The lowest BCUT2D eigenvalue weighted by atomic mass is 9.97. The van der Waals surface area contributed by atoms with Crippen LogP contribution in [-0.4, -0.2) is 84.3 Å². The number of aliphatic carboxylic acids is 1. The number of anilines is 1. The molecule has 0 saturated carbocycles. The molecular formula is C29H31F11N2O5. The van der Waals surface area contributed by atoms with Crippen molar-refractivity contribution in [1.82, 2.24) is 4.90 Å². The molecule has 0 aliphatic heterocycles. The van der Waals surface area contributed by atoms with Crippen LogP contribution in [-0.2, 0) is 16.0 Å². The Bertz CT molecular complexity index is 1400. The standard InChI is InChI=1S/C29H31F11N2O5/c1-5-46-22(23(43)44)14-19-6-8-20(9-7-19)47-11-10-42(24(45)41-21-13-17(3)16(2)12-18(21)4)15-25(30,31)26(32,33)27(34,35)28(36,37)29(38,39)40/h6-9,12-13,22H,5,10-11,14-15H2,1-4H3,(H,41,45)(H,43,44). The van der Waals surface area contributed by atoms with Crippen molar-refractivity contribution >= 4 is 17.7 Å². The first-order valence-electron chi connectivity index (χ1n) is 13.7. The number of ether oxygens (including phenoxy) is 2. The average molecular weight is 697 g/mol. The summed E-state index contributed by atoms with van der Waals surface area (Å²) in [5, 5.41) is 11.3. The molecule has 264 valence electrons. The highest BCUT2D eigenvalue weighted by Gasteiger charge is 2.87. The summed E-state index contributed by atoms with van der Waals surface area (Å²) in [6.07, 6.45) is -8.56. The Balaban J connectivity index is 2.34. The average Bonchev–Trinajstić information content (AvgIpc) is 2.94. The third kappa shape index (κ3) is 8.75. The topological polar surface area (TPSA) is 88.1 Å². The van der Waals surface area contributed by atoms with Crippen LogP contribution in [0, 0.1) is 20.8 Å². The minimum Gasteiger partial charge on any atom is -0.492 e. The second-order valence-electron chi connectivity index (χ2n) is 10.5. The van der Waals surface area contributed by atoms with Gasteiger partial charge >= 0.3 is 41.9 Å². The van der Waals surface area contributed by atoms with Gasteiger partial charge in [-0.05, 0) is 68.1 Å². The molecule has 0 bridgehead atoms. The number of carboxylic acid groups (broad SMARTS) is 1. The molecule has 0 heterocycles. The highest BCUT2D eigenvalue weighted by molar-refractivity contribution is 5.90. The second-order valence-corrected chi connectivity index (χ2v) is 10.5. The van der Waals surface area contributed by atoms with Gasteiger partial charge in [-0.2, -0.15) is 48.3 Å². The van der Waals surface area contributed by atoms with Crippen LogP contribution in [0.5, 0.6) is 5.75 Å². The van der Waals surface area contributed by atoms with Crippen molar-refractivity contribution < 1.29 is 72.5 Å². The highest BCUT2D eigenvalue weighted by Crippen LogP contribution is 2.57. The summed E-state index contributed by atoms with van der Waals surface area (Å²) >= 11 is 0.